The number of fused-ring (bicyclic) bond motifs is 2. The van der Waals surface area contributed by atoms with Crippen molar-refractivity contribution in [1.29, 1.82) is 0 Å². The fraction of sp³-hybridized carbons (Fsp3) is 0.571. The predicted molar refractivity (Wildman–Crippen MR) is 77.3 cm³/mol. The predicted octanol–water partition coefficient (Wildman–Crippen LogP) is 2.42. The zero-order valence-corrected chi connectivity index (χ0v) is 13.3. The van der Waals surface area contributed by atoms with E-state index < -0.39 is 15.8 Å². The van der Waals surface area contributed by atoms with E-state index in [9.17, 15) is 12.8 Å². The van der Waals surface area contributed by atoms with Crippen molar-refractivity contribution in [1.82, 2.24) is 4.31 Å². The lowest BCUT2D eigenvalue weighted by Crippen LogP contribution is -2.45. The molecule has 0 aliphatic carbocycles. The van der Waals surface area contributed by atoms with E-state index in [2.05, 4.69) is 0 Å². The highest BCUT2D eigenvalue weighted by atomic mass is 35.5. The van der Waals surface area contributed by atoms with Crippen molar-refractivity contribution in [2.75, 3.05) is 13.1 Å². The van der Waals surface area contributed by atoms with Crippen molar-refractivity contribution < 1.29 is 17.5 Å². The standard InChI is InChI=1S/C14H17ClFNO3S/c1-9-13(16)4-10(6-15)5-14(9)21(18,19)17-7-11-2-3-12(8-17)20-11/h4-5,11-12H,2-3,6-8H2,1H3. The highest BCUT2D eigenvalue weighted by molar-refractivity contribution is 7.89. The lowest BCUT2D eigenvalue weighted by Gasteiger charge is -2.31. The van der Waals surface area contributed by atoms with Crippen molar-refractivity contribution in [2.45, 2.75) is 42.7 Å². The van der Waals surface area contributed by atoms with E-state index in [-0.39, 0.29) is 28.5 Å². The number of rotatable bonds is 3. The van der Waals surface area contributed by atoms with Crippen LogP contribution in [0.15, 0.2) is 17.0 Å². The molecule has 2 unspecified atom stereocenters. The van der Waals surface area contributed by atoms with E-state index in [0.717, 1.165) is 12.8 Å². The van der Waals surface area contributed by atoms with Crippen molar-refractivity contribution >= 4 is 21.6 Å². The molecule has 0 radical (unpaired) electrons. The van der Waals surface area contributed by atoms with Crippen LogP contribution in [0, 0.1) is 12.7 Å². The van der Waals surface area contributed by atoms with Crippen molar-refractivity contribution in [3.63, 3.8) is 0 Å². The first-order chi connectivity index (χ1) is 9.91. The minimum absolute atomic E-state index is 0.0134. The summed E-state index contributed by atoms with van der Waals surface area (Å²) in [6.45, 7) is 2.16. The Balaban J connectivity index is 2.00. The molecule has 0 aromatic heterocycles. The molecule has 2 saturated heterocycles. The molecule has 0 saturated carbocycles. The maximum Gasteiger partial charge on any atom is 0.243 e. The van der Waals surface area contributed by atoms with Gasteiger partial charge in [-0.1, -0.05) is 0 Å². The normalized spacial score (nSPS) is 26.2. The summed E-state index contributed by atoms with van der Waals surface area (Å²) in [4.78, 5) is 0.0134. The number of hydrogen-bond donors (Lipinski definition) is 0. The number of benzene rings is 1. The van der Waals surface area contributed by atoms with Gasteiger partial charge in [0.05, 0.1) is 17.1 Å². The number of halogens is 2. The van der Waals surface area contributed by atoms with E-state index >= 15 is 0 Å². The minimum Gasteiger partial charge on any atom is -0.372 e. The Morgan fingerprint density at radius 1 is 1.33 bits per heavy atom. The second-order valence-corrected chi connectivity index (χ2v) is 7.79. The van der Waals surface area contributed by atoms with Crippen LogP contribution in [0.2, 0.25) is 0 Å². The highest BCUT2D eigenvalue weighted by Crippen LogP contribution is 2.31. The van der Waals surface area contributed by atoms with Crippen LogP contribution in [0.5, 0.6) is 0 Å². The van der Waals surface area contributed by atoms with E-state index in [4.69, 9.17) is 16.3 Å². The maximum atomic E-state index is 13.9. The van der Waals surface area contributed by atoms with Crippen molar-refractivity contribution in [3.8, 4) is 0 Å². The molecule has 4 nitrogen and oxygen atoms in total. The number of sulfonamides is 1. The molecule has 2 heterocycles. The van der Waals surface area contributed by atoms with Gasteiger partial charge in [-0.15, -0.1) is 11.6 Å². The summed E-state index contributed by atoms with van der Waals surface area (Å²) in [6, 6.07) is 2.75. The lowest BCUT2D eigenvalue weighted by atomic mass is 10.1. The molecule has 2 aliphatic heterocycles. The number of alkyl halides is 1. The number of morpholine rings is 1. The smallest absolute Gasteiger partial charge is 0.243 e. The summed E-state index contributed by atoms with van der Waals surface area (Å²) in [5, 5.41) is 0. The minimum atomic E-state index is -3.72. The van der Waals surface area contributed by atoms with Crippen LogP contribution in [-0.4, -0.2) is 38.0 Å². The van der Waals surface area contributed by atoms with Crippen LogP contribution in [0.25, 0.3) is 0 Å². The van der Waals surface area contributed by atoms with Crippen LogP contribution in [-0.2, 0) is 20.6 Å². The van der Waals surface area contributed by atoms with E-state index in [1.165, 1.54) is 23.4 Å². The van der Waals surface area contributed by atoms with Crippen LogP contribution in [0.4, 0.5) is 4.39 Å². The van der Waals surface area contributed by atoms with Gasteiger partial charge in [-0.2, -0.15) is 4.31 Å². The van der Waals surface area contributed by atoms with E-state index in [1.54, 1.807) is 0 Å². The van der Waals surface area contributed by atoms with Gasteiger partial charge in [-0.25, -0.2) is 12.8 Å². The molecular formula is C14H17ClFNO3S. The zero-order chi connectivity index (χ0) is 15.2. The third-order valence-corrected chi connectivity index (χ3v) is 6.41. The molecule has 1 aromatic carbocycles. The van der Waals surface area contributed by atoms with Gasteiger partial charge >= 0.3 is 0 Å². The molecule has 2 bridgehead atoms. The topological polar surface area (TPSA) is 46.6 Å². The summed E-state index contributed by atoms with van der Waals surface area (Å²) in [5.74, 6) is -0.461. The van der Waals surface area contributed by atoms with Crippen molar-refractivity contribution in [3.05, 3.63) is 29.1 Å². The Hall–Kier alpha value is -0.690. The summed E-state index contributed by atoms with van der Waals surface area (Å²) >= 11 is 5.72. The second kappa shape index (κ2) is 5.50. The molecule has 3 rings (SSSR count). The molecule has 0 spiro atoms. The zero-order valence-electron chi connectivity index (χ0n) is 11.7. The molecule has 2 fully saturated rings. The number of hydrogen-bond acceptors (Lipinski definition) is 3. The van der Waals surface area contributed by atoms with Gasteiger partial charge in [0.15, 0.2) is 0 Å². The highest BCUT2D eigenvalue weighted by Gasteiger charge is 2.40. The molecule has 116 valence electrons. The fourth-order valence-electron chi connectivity index (χ4n) is 2.96. The van der Waals surface area contributed by atoms with Crippen LogP contribution >= 0.6 is 11.6 Å². The number of nitrogens with zero attached hydrogens (tertiary/aromatic N) is 1. The largest absolute Gasteiger partial charge is 0.372 e. The molecule has 7 heteroatoms. The Morgan fingerprint density at radius 3 is 2.52 bits per heavy atom. The third kappa shape index (κ3) is 2.70. The monoisotopic (exact) mass is 333 g/mol. The van der Waals surface area contributed by atoms with Crippen LogP contribution in [0.3, 0.4) is 0 Å². The van der Waals surface area contributed by atoms with Crippen LogP contribution in [0.1, 0.15) is 24.0 Å². The summed E-state index contributed by atoms with van der Waals surface area (Å²) in [7, 11) is -3.72. The Kier molecular flexibility index (Phi) is 3.98. The average Bonchev–Trinajstić information content (AvgIpc) is 2.79. The Morgan fingerprint density at radius 2 is 1.95 bits per heavy atom. The Bertz CT molecular complexity index is 652. The molecule has 21 heavy (non-hydrogen) atoms. The van der Waals surface area contributed by atoms with Gasteiger partial charge in [0.2, 0.25) is 10.0 Å². The SMILES string of the molecule is Cc1c(F)cc(CCl)cc1S(=O)(=O)N1CC2CCC(C1)O2. The van der Waals surface area contributed by atoms with Gasteiger partial charge in [0, 0.05) is 24.5 Å². The fourth-order valence-corrected chi connectivity index (χ4v) is 4.91. The summed E-state index contributed by atoms with van der Waals surface area (Å²) in [5.41, 5.74) is 0.609. The average molecular weight is 334 g/mol. The van der Waals surface area contributed by atoms with Crippen molar-refractivity contribution in [2.24, 2.45) is 0 Å². The number of ether oxygens (including phenoxy) is 1. The van der Waals surface area contributed by atoms with Gasteiger partial charge in [0.25, 0.3) is 0 Å². The van der Waals surface area contributed by atoms with Gasteiger partial charge in [-0.3, -0.25) is 0 Å². The molecule has 0 amide bonds. The first kappa shape index (κ1) is 15.2. The molecule has 1 aromatic rings. The lowest BCUT2D eigenvalue weighted by molar-refractivity contribution is -0.0114. The van der Waals surface area contributed by atoms with Gasteiger partial charge < -0.3 is 4.74 Å². The Labute approximate surface area is 128 Å². The molecule has 0 N–H and O–H groups in total. The quantitative estimate of drug-likeness (QED) is 0.798. The van der Waals surface area contributed by atoms with E-state index in [1.807, 2.05) is 0 Å². The summed E-state index contributed by atoms with van der Waals surface area (Å²) < 4.78 is 46.6. The first-order valence-corrected chi connectivity index (χ1v) is 8.90. The van der Waals surface area contributed by atoms with Gasteiger partial charge in [-0.05, 0) is 37.5 Å². The molecular weight excluding hydrogens is 317 g/mol. The summed E-state index contributed by atoms with van der Waals surface area (Å²) in [6.07, 6.45) is 1.68. The molecule has 2 atom stereocenters. The maximum absolute atomic E-state index is 13.9. The molecule has 2 aliphatic rings. The van der Waals surface area contributed by atoms with Gasteiger partial charge in [0.1, 0.15) is 5.82 Å². The third-order valence-electron chi connectivity index (χ3n) is 4.14. The first-order valence-electron chi connectivity index (χ1n) is 6.92. The van der Waals surface area contributed by atoms with E-state index in [0.29, 0.717) is 18.7 Å². The second-order valence-electron chi connectivity index (χ2n) is 5.61. The van der Waals surface area contributed by atoms with Crippen LogP contribution < -0.4 is 0 Å².